The molecular weight excluding hydrogens is 290 g/mol. The summed E-state index contributed by atoms with van der Waals surface area (Å²) in [5.74, 6) is 0.664. The summed E-state index contributed by atoms with van der Waals surface area (Å²) in [5, 5.41) is 0. The third-order valence-corrected chi connectivity index (χ3v) is 5.06. The van der Waals surface area contributed by atoms with Gasteiger partial charge in [-0.25, -0.2) is 4.98 Å². The molecule has 0 spiro atoms. The van der Waals surface area contributed by atoms with E-state index in [0.717, 1.165) is 32.4 Å². The molecule has 0 radical (unpaired) electrons. The third kappa shape index (κ3) is 4.02. The minimum atomic E-state index is 0.117. The molecule has 1 atom stereocenters. The van der Waals surface area contributed by atoms with Gasteiger partial charge in [0, 0.05) is 31.4 Å². The van der Waals surface area contributed by atoms with Crippen LogP contribution in [0.5, 0.6) is 5.88 Å². The van der Waals surface area contributed by atoms with Crippen molar-refractivity contribution < 1.29 is 9.53 Å². The summed E-state index contributed by atoms with van der Waals surface area (Å²) in [5.41, 5.74) is 0.666. The lowest BCUT2D eigenvalue weighted by Gasteiger charge is -2.36. The number of carbonyl (C=O) groups excluding carboxylic acids is 1. The molecule has 23 heavy (non-hydrogen) atoms. The van der Waals surface area contributed by atoms with Crippen LogP contribution in [-0.4, -0.2) is 60.0 Å². The van der Waals surface area contributed by atoms with E-state index in [1.54, 1.807) is 19.4 Å². The molecule has 2 aliphatic rings. The van der Waals surface area contributed by atoms with Crippen molar-refractivity contribution in [3.05, 3.63) is 23.9 Å². The summed E-state index contributed by atoms with van der Waals surface area (Å²) in [6.45, 7) is 4.44. The van der Waals surface area contributed by atoms with Crippen LogP contribution in [0.3, 0.4) is 0 Å². The number of methoxy groups -OCH3 is 1. The monoisotopic (exact) mass is 317 g/mol. The van der Waals surface area contributed by atoms with Crippen LogP contribution in [-0.2, 0) is 0 Å². The van der Waals surface area contributed by atoms with Gasteiger partial charge in [0.2, 0.25) is 5.88 Å². The van der Waals surface area contributed by atoms with Crippen molar-refractivity contribution in [2.24, 2.45) is 0 Å². The van der Waals surface area contributed by atoms with E-state index in [-0.39, 0.29) is 5.91 Å². The lowest BCUT2D eigenvalue weighted by Crippen LogP contribution is -2.45. The Labute approximate surface area is 138 Å². The summed E-state index contributed by atoms with van der Waals surface area (Å²) in [7, 11) is 1.59. The second kappa shape index (κ2) is 7.77. The molecule has 126 valence electrons. The number of carbonyl (C=O) groups is 1. The molecule has 2 aliphatic heterocycles. The zero-order valence-corrected chi connectivity index (χ0v) is 14.0. The predicted octanol–water partition coefficient (Wildman–Crippen LogP) is 2.57. The molecule has 0 aromatic carbocycles. The van der Waals surface area contributed by atoms with E-state index in [4.69, 9.17) is 4.74 Å². The molecular formula is C18H27N3O2. The fourth-order valence-electron chi connectivity index (χ4n) is 3.70. The summed E-state index contributed by atoms with van der Waals surface area (Å²) in [6.07, 6.45) is 8.84. The Morgan fingerprint density at radius 2 is 2.00 bits per heavy atom. The highest BCUT2D eigenvalue weighted by molar-refractivity contribution is 5.94. The highest BCUT2D eigenvalue weighted by Crippen LogP contribution is 2.23. The van der Waals surface area contributed by atoms with Crippen molar-refractivity contribution in [1.29, 1.82) is 0 Å². The molecule has 2 fully saturated rings. The number of hydrogen-bond acceptors (Lipinski definition) is 4. The predicted molar refractivity (Wildman–Crippen MR) is 89.8 cm³/mol. The van der Waals surface area contributed by atoms with Crippen molar-refractivity contribution in [3.63, 3.8) is 0 Å². The molecule has 0 aliphatic carbocycles. The number of pyridine rings is 1. The maximum absolute atomic E-state index is 12.8. The number of hydrogen-bond donors (Lipinski definition) is 0. The van der Waals surface area contributed by atoms with Crippen molar-refractivity contribution in [2.75, 3.05) is 33.3 Å². The van der Waals surface area contributed by atoms with Crippen LogP contribution in [0.1, 0.15) is 48.9 Å². The number of nitrogens with zero attached hydrogens (tertiary/aromatic N) is 3. The maximum atomic E-state index is 12.8. The Morgan fingerprint density at radius 3 is 2.70 bits per heavy atom. The summed E-state index contributed by atoms with van der Waals surface area (Å²) in [6, 6.07) is 3.95. The Morgan fingerprint density at radius 1 is 1.22 bits per heavy atom. The van der Waals surface area contributed by atoms with Gasteiger partial charge in [0.05, 0.1) is 12.7 Å². The van der Waals surface area contributed by atoms with E-state index in [0.29, 0.717) is 17.5 Å². The molecule has 0 N–H and O–H groups in total. The van der Waals surface area contributed by atoms with Gasteiger partial charge in [-0.05, 0) is 57.7 Å². The van der Waals surface area contributed by atoms with E-state index >= 15 is 0 Å². The van der Waals surface area contributed by atoms with Crippen LogP contribution < -0.4 is 4.74 Å². The van der Waals surface area contributed by atoms with E-state index in [1.807, 2.05) is 6.07 Å². The molecule has 1 aromatic rings. The van der Waals surface area contributed by atoms with Crippen LogP contribution in [0.2, 0.25) is 0 Å². The largest absolute Gasteiger partial charge is 0.481 e. The molecule has 3 rings (SSSR count). The van der Waals surface area contributed by atoms with Gasteiger partial charge in [-0.2, -0.15) is 0 Å². The molecule has 1 amide bonds. The number of piperidine rings is 1. The van der Waals surface area contributed by atoms with Gasteiger partial charge in [0.1, 0.15) is 0 Å². The lowest BCUT2D eigenvalue weighted by atomic mass is 9.98. The van der Waals surface area contributed by atoms with Crippen LogP contribution in [0.25, 0.3) is 0 Å². The normalized spacial score (nSPS) is 22.3. The van der Waals surface area contributed by atoms with Crippen molar-refractivity contribution in [2.45, 2.75) is 44.6 Å². The quantitative estimate of drug-likeness (QED) is 0.837. The number of ether oxygens (including phenoxy) is 1. The number of rotatable bonds is 5. The first-order valence-corrected chi connectivity index (χ1v) is 8.81. The van der Waals surface area contributed by atoms with Gasteiger partial charge in [-0.15, -0.1) is 0 Å². The van der Waals surface area contributed by atoms with Crippen LogP contribution in [0, 0.1) is 0 Å². The first kappa shape index (κ1) is 16.2. The zero-order valence-electron chi connectivity index (χ0n) is 14.0. The Kier molecular flexibility index (Phi) is 5.49. The van der Waals surface area contributed by atoms with E-state index in [1.165, 1.54) is 32.4 Å². The molecule has 0 bridgehead atoms. The second-order valence-corrected chi connectivity index (χ2v) is 6.57. The standard InChI is InChI=1S/C18H27N3O2/c1-23-17-8-7-15(14-19-17)18(22)21-12-3-2-6-16(21)9-13-20-10-4-5-11-20/h7-8,14,16H,2-6,9-13H2,1H3/t16-/m1/s1. The topological polar surface area (TPSA) is 45.7 Å². The van der Waals surface area contributed by atoms with Gasteiger partial charge < -0.3 is 14.5 Å². The fourth-order valence-corrected chi connectivity index (χ4v) is 3.70. The van der Waals surface area contributed by atoms with Crippen LogP contribution >= 0.6 is 0 Å². The summed E-state index contributed by atoms with van der Waals surface area (Å²) >= 11 is 0. The Bertz CT molecular complexity index is 512. The Balaban J connectivity index is 1.62. The fraction of sp³-hybridized carbons (Fsp3) is 0.667. The average molecular weight is 317 g/mol. The van der Waals surface area contributed by atoms with Gasteiger partial charge in [-0.1, -0.05) is 0 Å². The van der Waals surface area contributed by atoms with Crippen LogP contribution in [0.15, 0.2) is 18.3 Å². The summed E-state index contributed by atoms with van der Waals surface area (Å²) in [4.78, 5) is 21.6. The average Bonchev–Trinajstić information content (AvgIpc) is 3.13. The number of aromatic nitrogens is 1. The highest BCUT2D eigenvalue weighted by atomic mass is 16.5. The number of likely N-dealkylation sites (tertiary alicyclic amines) is 2. The molecule has 5 nitrogen and oxygen atoms in total. The lowest BCUT2D eigenvalue weighted by molar-refractivity contribution is 0.0587. The second-order valence-electron chi connectivity index (χ2n) is 6.57. The smallest absolute Gasteiger partial charge is 0.255 e. The minimum absolute atomic E-state index is 0.117. The van der Waals surface area contributed by atoms with Gasteiger partial charge in [0.15, 0.2) is 0 Å². The number of amides is 1. The van der Waals surface area contributed by atoms with Crippen LogP contribution in [0.4, 0.5) is 0 Å². The SMILES string of the molecule is COc1ccc(C(=O)N2CCCC[C@@H]2CCN2CCCC2)cn1. The molecule has 5 heteroatoms. The Hall–Kier alpha value is -1.62. The van der Waals surface area contributed by atoms with E-state index < -0.39 is 0 Å². The molecule has 0 unspecified atom stereocenters. The maximum Gasteiger partial charge on any atom is 0.255 e. The first-order chi connectivity index (χ1) is 11.3. The van der Waals surface area contributed by atoms with Gasteiger partial charge in [-0.3, -0.25) is 4.79 Å². The molecule has 2 saturated heterocycles. The zero-order chi connectivity index (χ0) is 16.1. The molecule has 3 heterocycles. The van der Waals surface area contributed by atoms with Gasteiger partial charge >= 0.3 is 0 Å². The van der Waals surface area contributed by atoms with Gasteiger partial charge in [0.25, 0.3) is 5.91 Å². The molecule has 0 saturated carbocycles. The molecule has 1 aromatic heterocycles. The van der Waals surface area contributed by atoms with E-state index in [2.05, 4.69) is 14.8 Å². The summed E-state index contributed by atoms with van der Waals surface area (Å²) < 4.78 is 5.07. The first-order valence-electron chi connectivity index (χ1n) is 8.81. The van der Waals surface area contributed by atoms with Crippen molar-refractivity contribution in [1.82, 2.24) is 14.8 Å². The van der Waals surface area contributed by atoms with Crippen molar-refractivity contribution >= 4 is 5.91 Å². The van der Waals surface area contributed by atoms with Crippen molar-refractivity contribution in [3.8, 4) is 5.88 Å². The third-order valence-electron chi connectivity index (χ3n) is 5.06. The highest BCUT2D eigenvalue weighted by Gasteiger charge is 2.28. The van der Waals surface area contributed by atoms with E-state index in [9.17, 15) is 4.79 Å². The minimum Gasteiger partial charge on any atom is -0.481 e.